The average Bonchev–Trinajstić information content (AvgIpc) is 3.10. The monoisotopic (exact) mass is 463 g/mol. The number of esters is 1. The fourth-order valence-electron chi connectivity index (χ4n) is 2.91. The average molecular weight is 464 g/mol. The summed E-state index contributed by atoms with van der Waals surface area (Å²) in [5, 5.41) is 4.02. The van der Waals surface area contributed by atoms with Crippen molar-refractivity contribution in [2.45, 2.75) is 13.3 Å². The first kappa shape index (κ1) is 22.6. The highest BCUT2D eigenvalue weighted by Crippen LogP contribution is 2.29. The van der Waals surface area contributed by atoms with Crippen LogP contribution in [-0.2, 0) is 19.1 Å². The Bertz CT molecular complexity index is 1030. The molecule has 0 bridgehead atoms. The molecule has 1 aliphatic rings. The molecule has 8 nitrogen and oxygen atoms in total. The van der Waals surface area contributed by atoms with E-state index in [-0.39, 0.29) is 28.7 Å². The van der Waals surface area contributed by atoms with Gasteiger partial charge in [0.1, 0.15) is 0 Å². The fraction of sp³-hybridized carbons (Fsp3) is 0.238. The zero-order valence-corrected chi connectivity index (χ0v) is 18.0. The summed E-state index contributed by atoms with van der Waals surface area (Å²) < 4.78 is 5.01. The first-order chi connectivity index (χ1) is 14.7. The Labute approximate surface area is 188 Å². The molecule has 3 amide bonds. The Hall–Kier alpha value is -3.10. The van der Waals surface area contributed by atoms with Crippen LogP contribution < -0.4 is 10.7 Å². The SMILES string of the molecule is Cc1ccc(C(=O)NN2C[C@@H](C(=O)OCC(=O)Nc3cccc(Cl)c3Cl)CC2=O)cc1. The van der Waals surface area contributed by atoms with Gasteiger partial charge in [-0.1, -0.05) is 47.0 Å². The Balaban J connectivity index is 1.49. The van der Waals surface area contributed by atoms with Gasteiger partial charge in [0, 0.05) is 12.0 Å². The Morgan fingerprint density at radius 1 is 1.13 bits per heavy atom. The second-order valence-electron chi connectivity index (χ2n) is 6.97. The van der Waals surface area contributed by atoms with Gasteiger partial charge in [-0.3, -0.25) is 29.6 Å². The lowest BCUT2D eigenvalue weighted by molar-refractivity contribution is -0.151. The zero-order valence-electron chi connectivity index (χ0n) is 16.5. The number of hydrogen-bond donors (Lipinski definition) is 2. The van der Waals surface area contributed by atoms with Crippen molar-refractivity contribution in [2.24, 2.45) is 5.92 Å². The molecule has 2 N–H and O–H groups in total. The van der Waals surface area contributed by atoms with Crippen molar-refractivity contribution in [3.8, 4) is 0 Å². The van der Waals surface area contributed by atoms with Crippen molar-refractivity contribution in [2.75, 3.05) is 18.5 Å². The highest BCUT2D eigenvalue weighted by atomic mass is 35.5. The molecule has 2 aromatic rings. The van der Waals surface area contributed by atoms with E-state index in [1.165, 1.54) is 0 Å². The van der Waals surface area contributed by atoms with Gasteiger partial charge in [-0.15, -0.1) is 0 Å². The highest BCUT2D eigenvalue weighted by molar-refractivity contribution is 6.44. The van der Waals surface area contributed by atoms with Crippen LogP contribution in [0.3, 0.4) is 0 Å². The first-order valence-corrected chi connectivity index (χ1v) is 10.1. The summed E-state index contributed by atoms with van der Waals surface area (Å²) >= 11 is 11.9. The summed E-state index contributed by atoms with van der Waals surface area (Å²) in [7, 11) is 0. The number of aryl methyl sites for hydroxylation is 1. The quantitative estimate of drug-likeness (QED) is 0.640. The molecule has 1 atom stereocenters. The van der Waals surface area contributed by atoms with E-state index in [0.29, 0.717) is 5.56 Å². The number of carbonyl (C=O) groups excluding carboxylic acids is 4. The first-order valence-electron chi connectivity index (χ1n) is 9.33. The molecular formula is C21H19Cl2N3O5. The lowest BCUT2D eigenvalue weighted by Crippen LogP contribution is -2.43. The molecule has 2 aromatic carbocycles. The van der Waals surface area contributed by atoms with E-state index in [4.69, 9.17) is 27.9 Å². The van der Waals surface area contributed by atoms with Crippen molar-refractivity contribution in [3.05, 3.63) is 63.6 Å². The maximum Gasteiger partial charge on any atom is 0.311 e. The summed E-state index contributed by atoms with van der Waals surface area (Å²) in [5.74, 6) is -3.00. The van der Waals surface area contributed by atoms with Crippen LogP contribution in [0.4, 0.5) is 5.69 Å². The third-order valence-corrected chi connectivity index (χ3v) is 5.40. The van der Waals surface area contributed by atoms with Gasteiger partial charge in [0.25, 0.3) is 11.8 Å². The summed E-state index contributed by atoms with van der Waals surface area (Å²) in [6.45, 7) is 1.30. The minimum atomic E-state index is -0.798. The van der Waals surface area contributed by atoms with Crippen LogP contribution in [0.5, 0.6) is 0 Å². The third kappa shape index (κ3) is 5.74. The fourth-order valence-corrected chi connectivity index (χ4v) is 3.25. The Kier molecular flexibility index (Phi) is 7.14. The number of halogens is 2. The van der Waals surface area contributed by atoms with E-state index in [0.717, 1.165) is 10.6 Å². The molecule has 1 saturated heterocycles. The minimum Gasteiger partial charge on any atom is -0.455 e. The number of ether oxygens (including phenoxy) is 1. The number of hydrazine groups is 1. The second kappa shape index (κ2) is 9.80. The smallest absolute Gasteiger partial charge is 0.311 e. The Morgan fingerprint density at radius 2 is 1.84 bits per heavy atom. The van der Waals surface area contributed by atoms with Gasteiger partial charge in [0.2, 0.25) is 5.91 Å². The van der Waals surface area contributed by atoms with E-state index >= 15 is 0 Å². The largest absolute Gasteiger partial charge is 0.455 e. The summed E-state index contributed by atoms with van der Waals surface area (Å²) in [5.41, 5.74) is 4.17. The van der Waals surface area contributed by atoms with E-state index in [9.17, 15) is 19.2 Å². The van der Waals surface area contributed by atoms with Gasteiger partial charge in [-0.25, -0.2) is 0 Å². The molecule has 162 valence electrons. The lowest BCUT2D eigenvalue weighted by atomic mass is 10.1. The van der Waals surface area contributed by atoms with Crippen molar-refractivity contribution < 1.29 is 23.9 Å². The lowest BCUT2D eigenvalue weighted by Gasteiger charge is -2.17. The van der Waals surface area contributed by atoms with E-state index in [1.807, 2.05) is 6.92 Å². The standard InChI is InChI=1S/C21H19Cl2N3O5/c1-12-5-7-13(8-6-12)20(29)25-26-10-14(9-18(26)28)21(30)31-11-17(27)24-16-4-2-3-15(22)19(16)23/h2-8,14H,9-11H2,1H3,(H,24,27)(H,25,29)/t14-/m0/s1. The second-order valence-corrected chi connectivity index (χ2v) is 7.75. The molecule has 1 fully saturated rings. The number of nitrogens with one attached hydrogen (secondary N) is 2. The molecule has 0 saturated carbocycles. The van der Waals surface area contributed by atoms with Crippen LogP contribution in [0.2, 0.25) is 10.0 Å². The van der Waals surface area contributed by atoms with Crippen molar-refractivity contribution >= 4 is 52.6 Å². The third-order valence-electron chi connectivity index (χ3n) is 4.58. The number of hydrogen-bond acceptors (Lipinski definition) is 5. The normalized spacial score (nSPS) is 15.5. The van der Waals surface area contributed by atoms with Crippen LogP contribution in [-0.4, -0.2) is 41.9 Å². The summed E-state index contributed by atoms with van der Waals surface area (Å²) in [4.78, 5) is 48.7. The number of rotatable bonds is 6. The maximum absolute atomic E-state index is 12.3. The number of amides is 3. The van der Waals surface area contributed by atoms with Crippen LogP contribution in [0, 0.1) is 12.8 Å². The summed E-state index contributed by atoms with van der Waals surface area (Å²) in [6, 6.07) is 11.6. The molecule has 0 unspecified atom stereocenters. The van der Waals surface area contributed by atoms with Gasteiger partial charge in [0.05, 0.1) is 28.2 Å². The van der Waals surface area contributed by atoms with Crippen LogP contribution >= 0.6 is 23.2 Å². The molecule has 0 spiro atoms. The highest BCUT2D eigenvalue weighted by Gasteiger charge is 2.36. The molecule has 0 aromatic heterocycles. The predicted molar refractivity (Wildman–Crippen MR) is 115 cm³/mol. The molecule has 1 heterocycles. The predicted octanol–water partition coefficient (Wildman–Crippen LogP) is 2.98. The van der Waals surface area contributed by atoms with Gasteiger partial charge in [0.15, 0.2) is 6.61 Å². The zero-order chi connectivity index (χ0) is 22.5. The van der Waals surface area contributed by atoms with Gasteiger partial charge in [-0.2, -0.15) is 0 Å². The number of anilines is 1. The topological polar surface area (TPSA) is 105 Å². The number of nitrogens with zero attached hydrogens (tertiary/aromatic N) is 1. The molecule has 0 radical (unpaired) electrons. The molecule has 31 heavy (non-hydrogen) atoms. The van der Waals surface area contributed by atoms with E-state index in [2.05, 4.69) is 10.7 Å². The van der Waals surface area contributed by atoms with Crippen LogP contribution in [0.15, 0.2) is 42.5 Å². The molecule has 10 heteroatoms. The van der Waals surface area contributed by atoms with Crippen LogP contribution in [0.25, 0.3) is 0 Å². The van der Waals surface area contributed by atoms with Crippen molar-refractivity contribution in [3.63, 3.8) is 0 Å². The number of carbonyl (C=O) groups is 4. The van der Waals surface area contributed by atoms with E-state index < -0.39 is 36.2 Å². The van der Waals surface area contributed by atoms with Gasteiger partial charge < -0.3 is 10.1 Å². The van der Waals surface area contributed by atoms with Crippen molar-refractivity contribution in [1.82, 2.24) is 10.4 Å². The van der Waals surface area contributed by atoms with E-state index in [1.54, 1.807) is 42.5 Å². The van der Waals surface area contributed by atoms with Gasteiger partial charge >= 0.3 is 5.97 Å². The van der Waals surface area contributed by atoms with Crippen LogP contribution in [0.1, 0.15) is 22.3 Å². The molecular weight excluding hydrogens is 445 g/mol. The number of benzene rings is 2. The van der Waals surface area contributed by atoms with Gasteiger partial charge in [-0.05, 0) is 31.2 Å². The summed E-state index contributed by atoms with van der Waals surface area (Å²) in [6.07, 6.45) is -0.130. The van der Waals surface area contributed by atoms with Crippen molar-refractivity contribution in [1.29, 1.82) is 0 Å². The molecule has 1 aliphatic heterocycles. The Morgan fingerprint density at radius 3 is 2.55 bits per heavy atom. The maximum atomic E-state index is 12.3. The molecule has 0 aliphatic carbocycles. The molecule has 3 rings (SSSR count). The minimum absolute atomic E-state index is 0.0446.